The second kappa shape index (κ2) is 9.00. The van der Waals surface area contributed by atoms with Crippen LogP contribution in [0, 0.1) is 0 Å². The molecule has 1 aliphatic rings. The molecule has 8 heteroatoms. The van der Waals surface area contributed by atoms with Crippen LogP contribution in [0.4, 0.5) is 10.5 Å². The van der Waals surface area contributed by atoms with Crippen molar-refractivity contribution in [2.45, 2.75) is 6.92 Å². The lowest BCUT2D eigenvalue weighted by Crippen LogP contribution is -2.18. The molecule has 1 aromatic heterocycles. The molecule has 5 nitrogen and oxygen atoms in total. The number of aliphatic imine (C=N–C) groups is 1. The van der Waals surface area contributed by atoms with E-state index >= 15 is 0 Å². The second-order valence-electron chi connectivity index (χ2n) is 6.21. The molecule has 1 saturated heterocycles. The van der Waals surface area contributed by atoms with Crippen LogP contribution >= 0.6 is 35.0 Å². The van der Waals surface area contributed by atoms with Crippen LogP contribution in [0.3, 0.4) is 0 Å². The van der Waals surface area contributed by atoms with Crippen molar-refractivity contribution in [3.63, 3.8) is 0 Å². The molecule has 1 fully saturated rings. The summed E-state index contributed by atoms with van der Waals surface area (Å²) in [5.74, 6) is 2.33. The number of nitrogens with zero attached hydrogens (tertiary/aromatic N) is 1. The summed E-state index contributed by atoms with van der Waals surface area (Å²) >= 11 is 13.6. The topological polar surface area (TPSA) is 63.8 Å². The molecule has 0 radical (unpaired) electrons. The predicted molar refractivity (Wildman–Crippen MR) is 123 cm³/mol. The maximum atomic E-state index is 11.9. The summed E-state index contributed by atoms with van der Waals surface area (Å²) in [4.78, 5) is 17.1. The lowest BCUT2D eigenvalue weighted by atomic mass is 10.2. The van der Waals surface area contributed by atoms with E-state index in [1.807, 2.05) is 31.2 Å². The van der Waals surface area contributed by atoms with E-state index in [2.05, 4.69) is 10.3 Å². The number of amides is 1. The molecule has 1 amide bonds. The van der Waals surface area contributed by atoms with Crippen LogP contribution < -0.4 is 10.1 Å². The predicted octanol–water partition coefficient (Wildman–Crippen LogP) is 7.18. The van der Waals surface area contributed by atoms with Gasteiger partial charge in [-0.1, -0.05) is 29.3 Å². The summed E-state index contributed by atoms with van der Waals surface area (Å²) in [6.45, 7) is 2.52. The first-order valence-electron chi connectivity index (χ1n) is 9.10. The SMILES string of the molecule is CCOc1ccc(N=C2NC(=O)SC2=Cc2ccc(-c3c(Cl)cccc3Cl)o2)cc1. The molecule has 3 aromatic rings. The fraction of sp³-hybridized carbons (Fsp3) is 0.0909. The smallest absolute Gasteiger partial charge is 0.289 e. The minimum Gasteiger partial charge on any atom is -0.494 e. The quantitative estimate of drug-likeness (QED) is 0.439. The van der Waals surface area contributed by atoms with Gasteiger partial charge in [0, 0.05) is 0 Å². The Labute approximate surface area is 187 Å². The molecule has 0 atom stereocenters. The van der Waals surface area contributed by atoms with Gasteiger partial charge in [-0.25, -0.2) is 4.99 Å². The van der Waals surface area contributed by atoms with Crippen LogP contribution in [-0.4, -0.2) is 17.7 Å². The summed E-state index contributed by atoms with van der Waals surface area (Å²) in [5.41, 5.74) is 1.33. The van der Waals surface area contributed by atoms with Gasteiger partial charge in [0.1, 0.15) is 23.1 Å². The number of rotatable bonds is 5. The van der Waals surface area contributed by atoms with Gasteiger partial charge in [-0.15, -0.1) is 0 Å². The Kier molecular flexibility index (Phi) is 6.18. The van der Waals surface area contributed by atoms with E-state index in [0.717, 1.165) is 17.5 Å². The Morgan fingerprint density at radius 2 is 1.83 bits per heavy atom. The monoisotopic (exact) mass is 458 g/mol. The number of carbonyl (C=O) groups is 1. The Morgan fingerprint density at radius 1 is 1.10 bits per heavy atom. The lowest BCUT2D eigenvalue weighted by Gasteiger charge is -2.03. The highest BCUT2D eigenvalue weighted by Gasteiger charge is 2.24. The van der Waals surface area contributed by atoms with Crippen molar-refractivity contribution in [2.24, 2.45) is 4.99 Å². The van der Waals surface area contributed by atoms with Crippen LogP contribution in [-0.2, 0) is 0 Å². The lowest BCUT2D eigenvalue weighted by molar-refractivity contribution is 0.265. The zero-order valence-electron chi connectivity index (χ0n) is 15.8. The van der Waals surface area contributed by atoms with E-state index in [9.17, 15) is 4.79 Å². The van der Waals surface area contributed by atoms with Crippen LogP contribution in [0.5, 0.6) is 5.75 Å². The van der Waals surface area contributed by atoms with Gasteiger partial charge in [0.05, 0.1) is 32.8 Å². The fourth-order valence-corrected chi connectivity index (χ4v) is 4.15. The van der Waals surface area contributed by atoms with Gasteiger partial charge in [0.2, 0.25) is 0 Å². The maximum Gasteiger partial charge on any atom is 0.289 e. The van der Waals surface area contributed by atoms with Gasteiger partial charge in [-0.3, -0.25) is 4.79 Å². The number of thioether (sulfide) groups is 1. The molecule has 0 aliphatic carbocycles. The number of hydrogen-bond acceptors (Lipinski definition) is 5. The standard InChI is InChI=1S/C22H16Cl2N2O3S/c1-2-28-14-8-6-13(7-9-14)25-21-19(30-22(27)26-21)12-15-10-11-18(29-15)20-16(23)4-3-5-17(20)24/h3-12H,2H2,1H3,(H,25,26,27). The maximum absolute atomic E-state index is 11.9. The molecule has 2 aromatic carbocycles. The number of amidine groups is 1. The van der Waals surface area contributed by atoms with Crippen LogP contribution in [0.1, 0.15) is 12.7 Å². The Morgan fingerprint density at radius 3 is 2.53 bits per heavy atom. The van der Waals surface area contributed by atoms with Crippen LogP contribution in [0.15, 0.2) is 68.9 Å². The van der Waals surface area contributed by atoms with Gasteiger partial charge in [-0.2, -0.15) is 0 Å². The Hall–Kier alpha value is -2.67. The summed E-state index contributed by atoms with van der Waals surface area (Å²) in [5, 5.41) is 3.56. The number of carbonyl (C=O) groups excluding carboxylic acids is 1. The fourth-order valence-electron chi connectivity index (χ4n) is 2.85. The third-order valence-electron chi connectivity index (χ3n) is 4.15. The van der Waals surface area contributed by atoms with E-state index in [1.54, 1.807) is 36.4 Å². The Bertz CT molecular complexity index is 1130. The van der Waals surface area contributed by atoms with Gasteiger partial charge >= 0.3 is 0 Å². The van der Waals surface area contributed by atoms with E-state index in [-0.39, 0.29) is 5.24 Å². The second-order valence-corrected chi connectivity index (χ2v) is 8.04. The van der Waals surface area contributed by atoms with Crippen molar-refractivity contribution in [1.29, 1.82) is 0 Å². The highest BCUT2D eigenvalue weighted by atomic mass is 35.5. The average Bonchev–Trinajstić information content (AvgIpc) is 3.30. The van der Waals surface area contributed by atoms with Crippen molar-refractivity contribution in [3.8, 4) is 17.1 Å². The molecule has 0 unspecified atom stereocenters. The number of ether oxygens (including phenoxy) is 1. The molecule has 152 valence electrons. The molecule has 0 bridgehead atoms. The highest BCUT2D eigenvalue weighted by Crippen LogP contribution is 2.36. The van der Waals surface area contributed by atoms with Gasteiger partial charge in [0.25, 0.3) is 5.24 Å². The summed E-state index contributed by atoms with van der Waals surface area (Å²) in [6.07, 6.45) is 1.75. The molecule has 1 N–H and O–H groups in total. The summed E-state index contributed by atoms with van der Waals surface area (Å²) in [7, 11) is 0. The Balaban J connectivity index is 1.62. The number of benzene rings is 2. The molecular weight excluding hydrogens is 443 g/mol. The summed E-state index contributed by atoms with van der Waals surface area (Å²) in [6, 6.07) is 16.2. The number of nitrogens with one attached hydrogen (secondary N) is 1. The highest BCUT2D eigenvalue weighted by molar-refractivity contribution is 8.18. The first-order valence-corrected chi connectivity index (χ1v) is 10.7. The molecule has 0 spiro atoms. The molecule has 0 saturated carbocycles. The van der Waals surface area contributed by atoms with E-state index < -0.39 is 0 Å². The number of halogens is 2. The van der Waals surface area contributed by atoms with E-state index in [4.69, 9.17) is 32.4 Å². The first-order chi connectivity index (χ1) is 14.5. The van der Waals surface area contributed by atoms with Crippen molar-refractivity contribution >= 4 is 57.8 Å². The molecule has 1 aliphatic heterocycles. The van der Waals surface area contributed by atoms with Crippen molar-refractivity contribution in [1.82, 2.24) is 5.32 Å². The van der Waals surface area contributed by atoms with Gasteiger partial charge in [0.15, 0.2) is 0 Å². The van der Waals surface area contributed by atoms with Crippen molar-refractivity contribution < 1.29 is 13.9 Å². The average molecular weight is 459 g/mol. The van der Waals surface area contributed by atoms with Crippen LogP contribution in [0.25, 0.3) is 17.4 Å². The van der Waals surface area contributed by atoms with E-state index in [1.165, 1.54) is 0 Å². The molecule has 30 heavy (non-hydrogen) atoms. The zero-order chi connectivity index (χ0) is 21.1. The molecular formula is C22H16Cl2N2O3S. The molecule has 4 rings (SSSR count). The third-order valence-corrected chi connectivity index (χ3v) is 5.60. The van der Waals surface area contributed by atoms with Crippen LogP contribution in [0.2, 0.25) is 10.0 Å². The molecule has 2 heterocycles. The largest absolute Gasteiger partial charge is 0.494 e. The number of hydrogen-bond donors (Lipinski definition) is 1. The van der Waals surface area contributed by atoms with Gasteiger partial charge < -0.3 is 14.5 Å². The minimum absolute atomic E-state index is 0.202. The third kappa shape index (κ3) is 4.56. The number of furan rings is 1. The normalized spacial score (nSPS) is 16.3. The van der Waals surface area contributed by atoms with Crippen molar-refractivity contribution in [3.05, 3.63) is 75.3 Å². The summed E-state index contributed by atoms with van der Waals surface area (Å²) < 4.78 is 11.3. The van der Waals surface area contributed by atoms with E-state index in [0.29, 0.717) is 50.2 Å². The van der Waals surface area contributed by atoms with Crippen molar-refractivity contribution in [2.75, 3.05) is 6.61 Å². The first kappa shape index (κ1) is 20.6. The zero-order valence-corrected chi connectivity index (χ0v) is 18.1. The van der Waals surface area contributed by atoms with Gasteiger partial charge in [-0.05, 0) is 73.3 Å². The minimum atomic E-state index is -0.202.